The minimum atomic E-state index is -0.712. The Labute approximate surface area is 72.1 Å². The Morgan fingerprint density at radius 3 is 2.58 bits per heavy atom. The predicted octanol–water partition coefficient (Wildman–Crippen LogP) is -0.120. The molecule has 0 radical (unpaired) electrons. The first-order valence-corrected chi connectivity index (χ1v) is 4.22. The summed E-state index contributed by atoms with van der Waals surface area (Å²) >= 11 is 0. The van der Waals surface area contributed by atoms with Gasteiger partial charge in [0.2, 0.25) is 0 Å². The fraction of sp³-hybridized carbons (Fsp3) is 1.00. The summed E-state index contributed by atoms with van der Waals surface area (Å²) in [6.07, 6.45) is -1.49. The van der Waals surface area contributed by atoms with Gasteiger partial charge >= 0.3 is 0 Å². The summed E-state index contributed by atoms with van der Waals surface area (Å²) in [6.45, 7) is 4.00. The van der Waals surface area contributed by atoms with Crippen LogP contribution in [0.2, 0.25) is 0 Å². The highest BCUT2D eigenvalue weighted by Crippen LogP contribution is 2.16. The molecule has 4 nitrogen and oxygen atoms in total. The van der Waals surface area contributed by atoms with E-state index in [1.165, 1.54) is 0 Å². The summed E-state index contributed by atoms with van der Waals surface area (Å²) < 4.78 is 10.4. The number of aliphatic hydroxyl groups excluding tert-OH is 2. The maximum atomic E-state index is 9.38. The van der Waals surface area contributed by atoms with Gasteiger partial charge in [-0.3, -0.25) is 0 Å². The number of aliphatic hydroxyl groups is 2. The predicted molar refractivity (Wildman–Crippen MR) is 42.6 cm³/mol. The van der Waals surface area contributed by atoms with Crippen molar-refractivity contribution in [3.63, 3.8) is 0 Å². The van der Waals surface area contributed by atoms with Gasteiger partial charge in [-0.1, -0.05) is 0 Å². The molecule has 3 atom stereocenters. The van der Waals surface area contributed by atoms with Gasteiger partial charge in [0.05, 0.1) is 18.8 Å². The van der Waals surface area contributed by atoms with Crippen molar-refractivity contribution in [3.05, 3.63) is 0 Å². The molecule has 0 unspecified atom stereocenters. The molecule has 0 saturated carbocycles. The van der Waals surface area contributed by atoms with Crippen LogP contribution in [0, 0.1) is 0 Å². The molecule has 2 N–H and O–H groups in total. The van der Waals surface area contributed by atoms with Crippen LogP contribution in [0.15, 0.2) is 0 Å². The first-order chi connectivity index (χ1) is 5.59. The molecule has 1 saturated heterocycles. The second kappa shape index (κ2) is 4.18. The lowest BCUT2D eigenvalue weighted by atomic mass is 10.1. The van der Waals surface area contributed by atoms with Gasteiger partial charge < -0.3 is 19.7 Å². The highest BCUT2D eigenvalue weighted by Gasteiger charge is 2.29. The highest BCUT2D eigenvalue weighted by molar-refractivity contribution is 4.72. The van der Waals surface area contributed by atoms with E-state index in [4.69, 9.17) is 14.6 Å². The van der Waals surface area contributed by atoms with Crippen molar-refractivity contribution in [1.82, 2.24) is 0 Å². The first kappa shape index (κ1) is 9.92. The van der Waals surface area contributed by atoms with Gasteiger partial charge in [0.15, 0.2) is 6.29 Å². The molecule has 1 heterocycles. The van der Waals surface area contributed by atoms with Crippen molar-refractivity contribution in [1.29, 1.82) is 0 Å². The van der Waals surface area contributed by atoms with Gasteiger partial charge in [-0.05, 0) is 13.8 Å². The van der Waals surface area contributed by atoms with E-state index >= 15 is 0 Å². The third kappa shape index (κ3) is 2.71. The number of ether oxygens (including phenoxy) is 2. The Kier molecular flexibility index (Phi) is 3.46. The third-order valence-electron chi connectivity index (χ3n) is 1.69. The molecule has 1 aliphatic heterocycles. The number of hydrogen-bond donors (Lipinski definition) is 2. The van der Waals surface area contributed by atoms with Crippen LogP contribution in [0.25, 0.3) is 0 Å². The highest BCUT2D eigenvalue weighted by atomic mass is 16.7. The number of hydrogen-bond acceptors (Lipinski definition) is 4. The van der Waals surface area contributed by atoms with Crippen LogP contribution in [0.3, 0.4) is 0 Å². The molecule has 0 aromatic carbocycles. The van der Waals surface area contributed by atoms with Gasteiger partial charge in [-0.2, -0.15) is 0 Å². The second-order valence-electron chi connectivity index (χ2n) is 3.34. The van der Waals surface area contributed by atoms with Gasteiger partial charge in [0.25, 0.3) is 0 Å². The molecule has 0 aliphatic carbocycles. The minimum absolute atomic E-state index is 0.0277. The molecule has 0 bridgehead atoms. The summed E-state index contributed by atoms with van der Waals surface area (Å²) in [6, 6.07) is 0. The van der Waals surface area contributed by atoms with E-state index in [0.717, 1.165) is 0 Å². The van der Waals surface area contributed by atoms with Gasteiger partial charge in [-0.25, -0.2) is 0 Å². The largest absolute Gasteiger partial charge is 0.391 e. The summed E-state index contributed by atoms with van der Waals surface area (Å²) in [5, 5.41) is 18.5. The summed E-state index contributed by atoms with van der Waals surface area (Å²) in [5.74, 6) is 0. The van der Waals surface area contributed by atoms with E-state index in [0.29, 0.717) is 6.42 Å². The Hall–Kier alpha value is -0.160. The average Bonchev–Trinajstić information content (AvgIpc) is 1.94. The molecule has 0 amide bonds. The van der Waals surface area contributed by atoms with Crippen LogP contribution in [0.1, 0.15) is 20.3 Å². The SMILES string of the molecule is CC(C)O[C@H]1OC[C@@H](O)C[C@@H]1O. The Bertz CT molecular complexity index is 137. The van der Waals surface area contributed by atoms with Crippen molar-refractivity contribution in [2.45, 2.75) is 44.9 Å². The standard InChI is InChI=1S/C8H16O4/c1-5(2)12-8-7(10)3-6(9)4-11-8/h5-10H,3-4H2,1-2H3/t6-,7-,8+/m0/s1. The fourth-order valence-corrected chi connectivity index (χ4v) is 1.17. The normalized spacial score (nSPS) is 37.2. The fourth-order valence-electron chi connectivity index (χ4n) is 1.17. The van der Waals surface area contributed by atoms with E-state index in [1.54, 1.807) is 0 Å². The lowest BCUT2D eigenvalue weighted by Gasteiger charge is -2.31. The van der Waals surface area contributed by atoms with Crippen LogP contribution in [0.4, 0.5) is 0 Å². The molecule has 1 rings (SSSR count). The maximum Gasteiger partial charge on any atom is 0.183 e. The van der Waals surface area contributed by atoms with Gasteiger partial charge in [0, 0.05) is 6.42 Å². The van der Waals surface area contributed by atoms with Gasteiger partial charge in [0.1, 0.15) is 6.10 Å². The molecule has 12 heavy (non-hydrogen) atoms. The van der Waals surface area contributed by atoms with Crippen molar-refractivity contribution in [3.8, 4) is 0 Å². The van der Waals surface area contributed by atoms with E-state index in [2.05, 4.69) is 0 Å². The Balaban J connectivity index is 2.34. The zero-order chi connectivity index (χ0) is 9.14. The summed E-state index contributed by atoms with van der Waals surface area (Å²) in [7, 11) is 0. The topological polar surface area (TPSA) is 58.9 Å². The van der Waals surface area contributed by atoms with Crippen molar-refractivity contribution in [2.75, 3.05) is 6.61 Å². The quantitative estimate of drug-likeness (QED) is 0.616. The lowest BCUT2D eigenvalue weighted by molar-refractivity contribution is -0.247. The van der Waals surface area contributed by atoms with Crippen LogP contribution >= 0.6 is 0 Å². The molecular formula is C8H16O4. The van der Waals surface area contributed by atoms with Crippen molar-refractivity contribution in [2.24, 2.45) is 0 Å². The third-order valence-corrected chi connectivity index (χ3v) is 1.69. The lowest BCUT2D eigenvalue weighted by Crippen LogP contribution is -2.43. The smallest absolute Gasteiger partial charge is 0.183 e. The molecule has 4 heteroatoms. The molecule has 1 fully saturated rings. The van der Waals surface area contributed by atoms with E-state index < -0.39 is 18.5 Å². The van der Waals surface area contributed by atoms with E-state index in [1.807, 2.05) is 13.8 Å². The zero-order valence-corrected chi connectivity index (χ0v) is 7.43. The van der Waals surface area contributed by atoms with E-state index in [9.17, 15) is 5.11 Å². The van der Waals surface area contributed by atoms with E-state index in [-0.39, 0.29) is 12.7 Å². The first-order valence-electron chi connectivity index (χ1n) is 4.22. The molecule has 0 aromatic rings. The number of rotatable bonds is 2. The van der Waals surface area contributed by atoms with Crippen LogP contribution in [-0.4, -0.2) is 41.4 Å². The average molecular weight is 176 g/mol. The Morgan fingerprint density at radius 1 is 1.42 bits per heavy atom. The van der Waals surface area contributed by atoms with Crippen LogP contribution in [-0.2, 0) is 9.47 Å². The molecule has 72 valence electrons. The van der Waals surface area contributed by atoms with Crippen molar-refractivity contribution < 1.29 is 19.7 Å². The molecule has 1 aliphatic rings. The zero-order valence-electron chi connectivity index (χ0n) is 7.43. The molecule has 0 aromatic heterocycles. The van der Waals surface area contributed by atoms with Gasteiger partial charge in [-0.15, -0.1) is 0 Å². The molecule has 0 spiro atoms. The maximum absolute atomic E-state index is 9.38. The molecular weight excluding hydrogens is 160 g/mol. The van der Waals surface area contributed by atoms with Crippen LogP contribution in [0.5, 0.6) is 0 Å². The monoisotopic (exact) mass is 176 g/mol. The van der Waals surface area contributed by atoms with Crippen LogP contribution < -0.4 is 0 Å². The summed E-state index contributed by atoms with van der Waals surface area (Å²) in [4.78, 5) is 0. The minimum Gasteiger partial charge on any atom is -0.391 e. The summed E-state index contributed by atoms with van der Waals surface area (Å²) in [5.41, 5.74) is 0. The second-order valence-corrected chi connectivity index (χ2v) is 3.34. The Morgan fingerprint density at radius 2 is 2.08 bits per heavy atom. The van der Waals surface area contributed by atoms with Crippen molar-refractivity contribution >= 4 is 0 Å².